The summed E-state index contributed by atoms with van der Waals surface area (Å²) in [7, 11) is 0. The van der Waals surface area contributed by atoms with Crippen LogP contribution < -0.4 is 0 Å². The normalized spacial score (nSPS) is 25.9. The fraction of sp³-hybridized carbons (Fsp3) is 0.409. The summed E-state index contributed by atoms with van der Waals surface area (Å²) < 4.78 is 13.8. The number of benzene rings is 2. The third kappa shape index (κ3) is 3.52. The van der Waals surface area contributed by atoms with E-state index in [2.05, 4.69) is 29.2 Å². The molecule has 2 aromatic rings. The zero-order valence-electron chi connectivity index (χ0n) is 14.4. The molecule has 0 amide bonds. The highest BCUT2D eigenvalue weighted by Gasteiger charge is 2.42. The summed E-state index contributed by atoms with van der Waals surface area (Å²) in [6.07, 6.45) is 4.45. The molecule has 0 saturated carbocycles. The number of carbonyl (C=O) groups is 1. The monoisotopic (exact) mass is 337 g/mol. The molecule has 0 aromatic heterocycles. The molecule has 2 heterocycles. The van der Waals surface area contributed by atoms with E-state index in [1.165, 1.54) is 24.5 Å². The van der Waals surface area contributed by atoms with Crippen LogP contribution >= 0.6 is 0 Å². The minimum atomic E-state index is -0.264. The number of ketones is 1. The van der Waals surface area contributed by atoms with E-state index in [0.29, 0.717) is 17.6 Å². The van der Waals surface area contributed by atoms with Crippen LogP contribution in [0.25, 0.3) is 0 Å². The fourth-order valence-corrected chi connectivity index (χ4v) is 4.56. The molecule has 2 atom stereocenters. The van der Waals surface area contributed by atoms with E-state index in [1.807, 2.05) is 6.07 Å². The summed E-state index contributed by atoms with van der Waals surface area (Å²) in [5.74, 6) is 0.0332. The lowest BCUT2D eigenvalue weighted by atomic mass is 9.85. The molecular formula is C22H24FNO. The average molecular weight is 337 g/mol. The van der Waals surface area contributed by atoms with E-state index in [9.17, 15) is 9.18 Å². The lowest BCUT2D eigenvalue weighted by Crippen LogP contribution is -2.44. The molecule has 2 aromatic carbocycles. The Bertz CT molecular complexity index is 731. The van der Waals surface area contributed by atoms with Crippen LogP contribution in [0.5, 0.6) is 0 Å². The number of Topliss-reactive ketones (excluding diaryl/α,β-unsaturated/α-hetero) is 1. The van der Waals surface area contributed by atoms with Gasteiger partial charge in [-0.05, 0) is 42.9 Å². The Kier molecular flexibility index (Phi) is 4.67. The molecule has 3 heteroatoms. The van der Waals surface area contributed by atoms with Crippen LogP contribution in [0, 0.1) is 11.7 Å². The molecule has 4 rings (SSSR count). The van der Waals surface area contributed by atoms with Gasteiger partial charge in [-0.25, -0.2) is 4.39 Å². The van der Waals surface area contributed by atoms with E-state index in [4.69, 9.17) is 0 Å². The van der Waals surface area contributed by atoms with Gasteiger partial charge < -0.3 is 0 Å². The molecule has 25 heavy (non-hydrogen) atoms. The molecule has 2 unspecified atom stereocenters. The van der Waals surface area contributed by atoms with Crippen molar-refractivity contribution in [2.45, 2.75) is 50.7 Å². The first-order chi connectivity index (χ1) is 12.2. The molecule has 0 spiro atoms. The quantitative estimate of drug-likeness (QED) is 0.807. The van der Waals surface area contributed by atoms with Gasteiger partial charge in [0.05, 0.1) is 0 Å². The van der Waals surface area contributed by atoms with E-state index in [0.717, 1.165) is 19.4 Å². The molecule has 2 aliphatic rings. The van der Waals surface area contributed by atoms with Crippen LogP contribution in [0.3, 0.4) is 0 Å². The van der Waals surface area contributed by atoms with Crippen molar-refractivity contribution in [2.75, 3.05) is 0 Å². The van der Waals surface area contributed by atoms with Gasteiger partial charge >= 0.3 is 0 Å². The summed E-state index contributed by atoms with van der Waals surface area (Å²) in [4.78, 5) is 15.3. The first-order valence-corrected chi connectivity index (χ1v) is 9.26. The van der Waals surface area contributed by atoms with E-state index in [1.54, 1.807) is 18.2 Å². The lowest BCUT2D eigenvalue weighted by Gasteiger charge is -2.38. The maximum atomic E-state index is 13.8. The summed E-state index contributed by atoms with van der Waals surface area (Å²) in [6, 6.07) is 18.2. The molecule has 0 N–H and O–H groups in total. The van der Waals surface area contributed by atoms with Gasteiger partial charge in [0.2, 0.25) is 0 Å². The Labute approximate surface area is 148 Å². The molecule has 130 valence electrons. The van der Waals surface area contributed by atoms with Crippen LogP contribution in [0.1, 0.15) is 36.8 Å². The van der Waals surface area contributed by atoms with Crippen LogP contribution in [0.15, 0.2) is 54.6 Å². The van der Waals surface area contributed by atoms with Gasteiger partial charge in [0.25, 0.3) is 0 Å². The SMILES string of the molecule is O=C(Cc1ccccc1F)C1CC2CCC(C1)N2Cc1ccccc1. The first kappa shape index (κ1) is 16.5. The van der Waals surface area contributed by atoms with Crippen LogP contribution in [0.4, 0.5) is 4.39 Å². The number of halogens is 1. The molecule has 2 aliphatic heterocycles. The third-order valence-corrected chi connectivity index (χ3v) is 5.87. The van der Waals surface area contributed by atoms with E-state index in [-0.39, 0.29) is 23.9 Å². The standard InChI is InChI=1S/C22H24FNO/c23-21-9-5-4-8-17(21)14-22(25)18-12-19-10-11-20(13-18)24(19)15-16-6-2-1-3-7-16/h1-9,18-20H,10-15H2. The van der Waals surface area contributed by atoms with Gasteiger partial charge in [0.1, 0.15) is 11.6 Å². The topological polar surface area (TPSA) is 20.3 Å². The number of rotatable bonds is 5. The Morgan fingerprint density at radius 2 is 1.60 bits per heavy atom. The first-order valence-electron chi connectivity index (χ1n) is 9.26. The number of hydrogen-bond acceptors (Lipinski definition) is 2. The largest absolute Gasteiger partial charge is 0.299 e. The van der Waals surface area contributed by atoms with Crippen molar-refractivity contribution in [1.82, 2.24) is 4.90 Å². The number of piperidine rings is 1. The number of carbonyl (C=O) groups excluding carboxylic acids is 1. The van der Waals surface area contributed by atoms with Gasteiger partial charge in [0, 0.05) is 31.0 Å². The minimum Gasteiger partial charge on any atom is -0.299 e. The van der Waals surface area contributed by atoms with Crippen molar-refractivity contribution < 1.29 is 9.18 Å². The maximum Gasteiger partial charge on any atom is 0.140 e. The summed E-state index contributed by atoms with van der Waals surface area (Å²) in [6.45, 7) is 0.977. The fourth-order valence-electron chi connectivity index (χ4n) is 4.56. The van der Waals surface area contributed by atoms with Crippen molar-refractivity contribution in [3.05, 3.63) is 71.5 Å². The second kappa shape index (κ2) is 7.09. The van der Waals surface area contributed by atoms with Gasteiger partial charge in [-0.3, -0.25) is 9.69 Å². The Balaban J connectivity index is 1.41. The number of hydrogen-bond donors (Lipinski definition) is 0. The highest BCUT2D eigenvalue weighted by Crippen LogP contribution is 2.40. The second-order valence-corrected chi connectivity index (χ2v) is 7.45. The molecule has 0 radical (unpaired) electrons. The lowest BCUT2D eigenvalue weighted by molar-refractivity contribution is -0.124. The molecular weight excluding hydrogens is 313 g/mol. The van der Waals surface area contributed by atoms with Gasteiger partial charge in [0.15, 0.2) is 0 Å². The predicted molar refractivity (Wildman–Crippen MR) is 96.6 cm³/mol. The number of nitrogens with zero attached hydrogens (tertiary/aromatic N) is 1. The highest BCUT2D eigenvalue weighted by molar-refractivity contribution is 5.83. The molecule has 2 nitrogen and oxygen atoms in total. The molecule has 2 fully saturated rings. The number of fused-ring (bicyclic) bond motifs is 2. The molecule has 2 bridgehead atoms. The van der Waals surface area contributed by atoms with Crippen LogP contribution in [0.2, 0.25) is 0 Å². The Hall–Kier alpha value is -2.00. The average Bonchev–Trinajstić information content (AvgIpc) is 2.86. The zero-order chi connectivity index (χ0) is 17.2. The Morgan fingerprint density at radius 1 is 0.960 bits per heavy atom. The predicted octanol–water partition coefficient (Wildman–Crippen LogP) is 4.38. The van der Waals surface area contributed by atoms with E-state index < -0.39 is 0 Å². The summed E-state index contributed by atoms with van der Waals surface area (Å²) in [5.41, 5.74) is 1.88. The van der Waals surface area contributed by atoms with Crippen molar-refractivity contribution >= 4 is 5.78 Å². The summed E-state index contributed by atoms with van der Waals surface area (Å²) >= 11 is 0. The van der Waals surface area contributed by atoms with Crippen molar-refractivity contribution in [2.24, 2.45) is 5.92 Å². The maximum absolute atomic E-state index is 13.8. The van der Waals surface area contributed by atoms with Crippen LogP contribution in [-0.4, -0.2) is 22.8 Å². The highest BCUT2D eigenvalue weighted by atomic mass is 19.1. The summed E-state index contributed by atoms with van der Waals surface area (Å²) in [5, 5.41) is 0. The van der Waals surface area contributed by atoms with Crippen molar-refractivity contribution in [3.8, 4) is 0 Å². The minimum absolute atomic E-state index is 0.0872. The van der Waals surface area contributed by atoms with E-state index >= 15 is 0 Å². The van der Waals surface area contributed by atoms with Gasteiger partial charge in [-0.1, -0.05) is 48.5 Å². The van der Waals surface area contributed by atoms with Gasteiger partial charge in [-0.2, -0.15) is 0 Å². The van der Waals surface area contributed by atoms with Gasteiger partial charge in [-0.15, -0.1) is 0 Å². The second-order valence-electron chi connectivity index (χ2n) is 7.45. The Morgan fingerprint density at radius 3 is 2.28 bits per heavy atom. The zero-order valence-corrected chi connectivity index (χ0v) is 14.4. The molecule has 2 saturated heterocycles. The molecule has 0 aliphatic carbocycles. The van der Waals surface area contributed by atoms with Crippen molar-refractivity contribution in [3.63, 3.8) is 0 Å². The third-order valence-electron chi connectivity index (χ3n) is 5.87. The van der Waals surface area contributed by atoms with Crippen LogP contribution in [-0.2, 0) is 17.8 Å². The smallest absolute Gasteiger partial charge is 0.140 e. The van der Waals surface area contributed by atoms with Crippen molar-refractivity contribution in [1.29, 1.82) is 0 Å².